The first-order valence-corrected chi connectivity index (χ1v) is 6.95. The molecule has 1 rings (SSSR count). The molecule has 1 aromatic carbocycles. The van der Waals surface area contributed by atoms with E-state index in [-0.39, 0.29) is 0 Å². The Balaban J connectivity index is 2.67. The fourth-order valence-corrected chi connectivity index (χ4v) is 2.49. The lowest BCUT2D eigenvalue weighted by atomic mass is 9.90. The summed E-state index contributed by atoms with van der Waals surface area (Å²) < 4.78 is 5.36. The zero-order valence-electron chi connectivity index (χ0n) is 12.3. The molecule has 0 amide bonds. The molecule has 1 aromatic rings. The Kier molecular flexibility index (Phi) is 6.20. The van der Waals surface area contributed by atoms with Gasteiger partial charge in [0.1, 0.15) is 5.75 Å². The fourth-order valence-electron chi connectivity index (χ4n) is 2.49. The van der Waals surface area contributed by atoms with Gasteiger partial charge in [-0.15, -0.1) is 0 Å². The van der Waals surface area contributed by atoms with Gasteiger partial charge in [-0.05, 0) is 61.9 Å². The highest BCUT2D eigenvalue weighted by Gasteiger charge is 2.11. The molecule has 1 unspecified atom stereocenters. The molecular formula is C16H27NO. The summed E-state index contributed by atoms with van der Waals surface area (Å²) in [6.07, 6.45) is 4.90. The number of nitrogens with two attached hydrogens (primary N) is 1. The van der Waals surface area contributed by atoms with Crippen LogP contribution in [0, 0.1) is 13.8 Å². The van der Waals surface area contributed by atoms with Crippen LogP contribution in [0.5, 0.6) is 5.75 Å². The number of unbranched alkanes of at least 4 members (excludes halogenated alkanes) is 2. The van der Waals surface area contributed by atoms with Gasteiger partial charge < -0.3 is 10.5 Å². The van der Waals surface area contributed by atoms with Gasteiger partial charge in [-0.2, -0.15) is 0 Å². The number of methoxy groups -OCH3 is 1. The summed E-state index contributed by atoms with van der Waals surface area (Å²) in [6, 6.07) is 4.43. The third-order valence-electron chi connectivity index (χ3n) is 3.66. The van der Waals surface area contributed by atoms with Crippen LogP contribution in [-0.4, -0.2) is 13.7 Å². The Morgan fingerprint density at radius 1 is 1.11 bits per heavy atom. The number of benzene rings is 1. The maximum Gasteiger partial charge on any atom is 0.122 e. The molecular weight excluding hydrogens is 222 g/mol. The minimum atomic E-state index is 0.618. The Morgan fingerprint density at radius 2 is 1.83 bits per heavy atom. The molecule has 0 radical (unpaired) electrons. The van der Waals surface area contributed by atoms with Gasteiger partial charge in [-0.1, -0.05) is 25.8 Å². The molecule has 2 N–H and O–H groups in total. The molecule has 0 aromatic heterocycles. The van der Waals surface area contributed by atoms with E-state index in [1.165, 1.54) is 36.0 Å². The molecule has 0 spiro atoms. The van der Waals surface area contributed by atoms with Crippen LogP contribution in [0.2, 0.25) is 0 Å². The largest absolute Gasteiger partial charge is 0.496 e. The fraction of sp³-hybridized carbons (Fsp3) is 0.625. The lowest BCUT2D eigenvalue weighted by Crippen LogP contribution is -2.01. The smallest absolute Gasteiger partial charge is 0.122 e. The van der Waals surface area contributed by atoms with Crippen molar-refractivity contribution in [3.8, 4) is 5.75 Å². The average molecular weight is 249 g/mol. The van der Waals surface area contributed by atoms with Crippen molar-refractivity contribution in [3.63, 3.8) is 0 Å². The minimum Gasteiger partial charge on any atom is -0.496 e. The Bertz CT molecular complexity index is 374. The maximum absolute atomic E-state index is 5.52. The van der Waals surface area contributed by atoms with Crippen LogP contribution in [0.25, 0.3) is 0 Å². The summed E-state index contributed by atoms with van der Waals surface area (Å²) in [7, 11) is 1.73. The maximum atomic E-state index is 5.52. The van der Waals surface area contributed by atoms with Crippen molar-refractivity contribution in [2.45, 2.75) is 52.4 Å². The summed E-state index contributed by atoms with van der Waals surface area (Å²) in [5.74, 6) is 1.61. The highest BCUT2D eigenvalue weighted by Crippen LogP contribution is 2.30. The first kappa shape index (κ1) is 15.0. The average Bonchev–Trinajstić information content (AvgIpc) is 2.36. The molecule has 2 nitrogen and oxygen atoms in total. The van der Waals surface area contributed by atoms with Gasteiger partial charge in [-0.25, -0.2) is 0 Å². The highest BCUT2D eigenvalue weighted by molar-refractivity contribution is 5.42. The Morgan fingerprint density at radius 3 is 2.44 bits per heavy atom. The van der Waals surface area contributed by atoms with E-state index in [4.69, 9.17) is 10.5 Å². The molecule has 0 saturated heterocycles. The third-order valence-corrected chi connectivity index (χ3v) is 3.66. The number of aryl methyl sites for hydroxylation is 2. The van der Waals surface area contributed by atoms with Crippen molar-refractivity contribution in [2.24, 2.45) is 5.73 Å². The first-order valence-electron chi connectivity index (χ1n) is 6.95. The molecule has 0 heterocycles. The number of hydrogen-bond acceptors (Lipinski definition) is 2. The number of rotatable bonds is 7. The molecule has 0 aliphatic heterocycles. The van der Waals surface area contributed by atoms with E-state index in [9.17, 15) is 0 Å². The first-order chi connectivity index (χ1) is 8.60. The van der Waals surface area contributed by atoms with E-state index in [0.29, 0.717) is 5.92 Å². The standard InChI is InChI=1S/C16H27NO/c1-12(8-6-5-7-9-17)15-10-14(3)16(18-4)11-13(15)2/h10-12H,5-9,17H2,1-4H3. The molecule has 1 atom stereocenters. The second kappa shape index (κ2) is 7.42. The van der Waals surface area contributed by atoms with Crippen LogP contribution >= 0.6 is 0 Å². The number of ether oxygens (including phenoxy) is 1. The Hall–Kier alpha value is -1.02. The van der Waals surface area contributed by atoms with Crippen molar-refractivity contribution in [1.82, 2.24) is 0 Å². The topological polar surface area (TPSA) is 35.2 Å². The molecule has 0 aliphatic rings. The lowest BCUT2D eigenvalue weighted by molar-refractivity contribution is 0.411. The van der Waals surface area contributed by atoms with Gasteiger partial charge in [0.05, 0.1) is 7.11 Å². The van der Waals surface area contributed by atoms with Gasteiger partial charge in [0.2, 0.25) is 0 Å². The van der Waals surface area contributed by atoms with Crippen LogP contribution in [0.4, 0.5) is 0 Å². The predicted octanol–water partition coefficient (Wildman–Crippen LogP) is 3.93. The van der Waals surface area contributed by atoms with Gasteiger partial charge in [0.25, 0.3) is 0 Å². The molecule has 0 saturated carbocycles. The van der Waals surface area contributed by atoms with Crippen molar-refractivity contribution in [2.75, 3.05) is 13.7 Å². The van der Waals surface area contributed by atoms with Crippen molar-refractivity contribution in [3.05, 3.63) is 28.8 Å². The molecule has 102 valence electrons. The summed E-state index contributed by atoms with van der Waals surface area (Å²) >= 11 is 0. The van der Waals surface area contributed by atoms with Crippen molar-refractivity contribution in [1.29, 1.82) is 0 Å². The summed E-state index contributed by atoms with van der Waals surface area (Å²) in [6.45, 7) is 7.42. The zero-order valence-corrected chi connectivity index (χ0v) is 12.3. The van der Waals surface area contributed by atoms with Crippen molar-refractivity contribution < 1.29 is 4.74 Å². The van der Waals surface area contributed by atoms with Gasteiger partial charge >= 0.3 is 0 Å². The van der Waals surface area contributed by atoms with Gasteiger partial charge in [-0.3, -0.25) is 0 Å². The zero-order chi connectivity index (χ0) is 13.5. The van der Waals surface area contributed by atoms with E-state index >= 15 is 0 Å². The predicted molar refractivity (Wildman–Crippen MR) is 78.4 cm³/mol. The molecule has 18 heavy (non-hydrogen) atoms. The van der Waals surface area contributed by atoms with Crippen LogP contribution in [0.1, 0.15) is 55.2 Å². The monoisotopic (exact) mass is 249 g/mol. The second-order valence-electron chi connectivity index (χ2n) is 5.22. The van der Waals surface area contributed by atoms with E-state index in [2.05, 4.69) is 32.9 Å². The molecule has 2 heteroatoms. The van der Waals surface area contributed by atoms with Crippen LogP contribution in [0.3, 0.4) is 0 Å². The van der Waals surface area contributed by atoms with Crippen LogP contribution < -0.4 is 10.5 Å². The van der Waals surface area contributed by atoms with E-state index < -0.39 is 0 Å². The quantitative estimate of drug-likeness (QED) is 0.743. The van der Waals surface area contributed by atoms with Gasteiger partial charge in [0, 0.05) is 0 Å². The molecule has 0 bridgehead atoms. The molecule has 0 fully saturated rings. The van der Waals surface area contributed by atoms with E-state index in [0.717, 1.165) is 18.7 Å². The minimum absolute atomic E-state index is 0.618. The van der Waals surface area contributed by atoms with E-state index in [1.54, 1.807) is 7.11 Å². The summed E-state index contributed by atoms with van der Waals surface area (Å²) in [5, 5.41) is 0. The van der Waals surface area contributed by atoms with E-state index in [1.807, 2.05) is 0 Å². The van der Waals surface area contributed by atoms with Crippen LogP contribution in [-0.2, 0) is 0 Å². The SMILES string of the molecule is COc1cc(C)c(C(C)CCCCCN)cc1C. The van der Waals surface area contributed by atoms with Crippen LogP contribution in [0.15, 0.2) is 12.1 Å². The number of hydrogen-bond donors (Lipinski definition) is 1. The van der Waals surface area contributed by atoms with Gasteiger partial charge in [0.15, 0.2) is 0 Å². The second-order valence-corrected chi connectivity index (χ2v) is 5.22. The highest BCUT2D eigenvalue weighted by atomic mass is 16.5. The molecule has 0 aliphatic carbocycles. The summed E-state index contributed by atoms with van der Waals surface area (Å²) in [4.78, 5) is 0. The lowest BCUT2D eigenvalue weighted by Gasteiger charge is -2.17. The Labute approximate surface area is 112 Å². The normalized spacial score (nSPS) is 12.5. The summed E-state index contributed by atoms with van der Waals surface area (Å²) in [5.41, 5.74) is 9.54. The third kappa shape index (κ3) is 4.02. The van der Waals surface area contributed by atoms with Crippen molar-refractivity contribution >= 4 is 0 Å².